The molecule has 1 unspecified atom stereocenters. The van der Waals surface area contributed by atoms with Crippen LogP contribution >= 0.6 is 0 Å². The minimum Gasteiger partial charge on any atom is -0.386 e. The molecule has 0 aromatic carbocycles. The third-order valence-electron chi connectivity index (χ3n) is 2.34. The van der Waals surface area contributed by atoms with E-state index < -0.39 is 0 Å². The predicted octanol–water partition coefficient (Wildman–Crippen LogP) is 2.62. The molecular weight excluding hydrogens is 153 g/mol. The summed E-state index contributed by atoms with van der Waals surface area (Å²) < 4.78 is 13.2. The topological polar surface area (TPSA) is 12.0 Å². The fourth-order valence-electron chi connectivity index (χ4n) is 1.38. The van der Waals surface area contributed by atoms with Gasteiger partial charge in [0.1, 0.15) is 5.83 Å². The maximum Gasteiger partial charge on any atom is 0.142 e. The SMILES string of the molecule is CNC1=CCC(C(C)C)C=C1F. The van der Waals surface area contributed by atoms with E-state index in [2.05, 4.69) is 19.2 Å². The lowest BCUT2D eigenvalue weighted by Crippen LogP contribution is -2.15. The van der Waals surface area contributed by atoms with Gasteiger partial charge in [-0.2, -0.15) is 0 Å². The van der Waals surface area contributed by atoms with Crippen LogP contribution in [0.15, 0.2) is 23.7 Å². The van der Waals surface area contributed by atoms with E-state index in [1.165, 1.54) is 0 Å². The lowest BCUT2D eigenvalue weighted by molar-refractivity contribution is 0.446. The minimum atomic E-state index is -0.109. The molecule has 12 heavy (non-hydrogen) atoms. The number of hydrogen-bond acceptors (Lipinski definition) is 1. The summed E-state index contributed by atoms with van der Waals surface area (Å²) in [6.07, 6.45) is 4.60. The largest absolute Gasteiger partial charge is 0.386 e. The van der Waals surface area contributed by atoms with Gasteiger partial charge in [0, 0.05) is 7.05 Å². The zero-order valence-electron chi connectivity index (χ0n) is 7.89. The van der Waals surface area contributed by atoms with E-state index in [0.29, 0.717) is 17.5 Å². The van der Waals surface area contributed by atoms with Crippen LogP contribution < -0.4 is 5.32 Å². The third kappa shape index (κ3) is 1.87. The molecule has 0 saturated heterocycles. The van der Waals surface area contributed by atoms with Crippen molar-refractivity contribution in [3.63, 3.8) is 0 Å². The van der Waals surface area contributed by atoms with Gasteiger partial charge >= 0.3 is 0 Å². The Morgan fingerprint density at radius 1 is 1.58 bits per heavy atom. The highest BCUT2D eigenvalue weighted by molar-refractivity contribution is 5.27. The summed E-state index contributed by atoms with van der Waals surface area (Å²) in [6.45, 7) is 4.24. The first-order chi connectivity index (χ1) is 5.65. The highest BCUT2D eigenvalue weighted by Gasteiger charge is 2.17. The van der Waals surface area contributed by atoms with Crippen LogP contribution in [0.3, 0.4) is 0 Å². The number of hydrogen-bond donors (Lipinski definition) is 1. The van der Waals surface area contributed by atoms with Gasteiger partial charge in [0.05, 0.1) is 5.70 Å². The van der Waals surface area contributed by atoms with Crippen LogP contribution in [0, 0.1) is 11.8 Å². The van der Waals surface area contributed by atoms with Gasteiger partial charge in [-0.05, 0) is 24.3 Å². The summed E-state index contributed by atoms with van der Waals surface area (Å²) in [5.74, 6) is 0.773. The maximum absolute atomic E-state index is 13.2. The van der Waals surface area contributed by atoms with Gasteiger partial charge in [-0.15, -0.1) is 0 Å². The van der Waals surface area contributed by atoms with Gasteiger partial charge in [-0.25, -0.2) is 4.39 Å². The van der Waals surface area contributed by atoms with Crippen molar-refractivity contribution in [3.8, 4) is 0 Å². The van der Waals surface area contributed by atoms with Crippen molar-refractivity contribution in [1.29, 1.82) is 0 Å². The van der Waals surface area contributed by atoms with E-state index in [1.807, 2.05) is 6.08 Å². The Kier molecular flexibility index (Phi) is 2.90. The van der Waals surface area contributed by atoms with Gasteiger partial charge < -0.3 is 5.32 Å². The molecule has 0 saturated carbocycles. The van der Waals surface area contributed by atoms with Crippen LogP contribution in [0.2, 0.25) is 0 Å². The molecule has 1 nitrogen and oxygen atoms in total. The molecule has 1 N–H and O–H groups in total. The molecule has 0 aromatic heterocycles. The third-order valence-corrected chi connectivity index (χ3v) is 2.34. The minimum absolute atomic E-state index is 0.109. The molecule has 0 amide bonds. The molecule has 1 aliphatic rings. The molecule has 0 fully saturated rings. The summed E-state index contributed by atoms with van der Waals surface area (Å²) in [6, 6.07) is 0. The van der Waals surface area contributed by atoms with Crippen LogP contribution in [0.25, 0.3) is 0 Å². The highest BCUT2D eigenvalue weighted by Crippen LogP contribution is 2.27. The molecular formula is C10H16FN. The Morgan fingerprint density at radius 3 is 2.67 bits per heavy atom. The van der Waals surface area contributed by atoms with Crippen LogP contribution in [-0.4, -0.2) is 7.05 Å². The van der Waals surface area contributed by atoms with Gasteiger partial charge in [-0.3, -0.25) is 0 Å². The Balaban J connectivity index is 2.69. The van der Waals surface area contributed by atoms with Crippen molar-refractivity contribution in [3.05, 3.63) is 23.7 Å². The molecule has 0 radical (unpaired) electrons. The first-order valence-corrected chi connectivity index (χ1v) is 4.40. The normalized spacial score (nSPS) is 23.6. The van der Waals surface area contributed by atoms with Crippen LogP contribution in [0.1, 0.15) is 20.3 Å². The molecule has 2 heteroatoms. The number of likely N-dealkylation sites (N-methyl/N-ethyl adjacent to an activating group) is 1. The Hall–Kier alpha value is -0.790. The molecule has 0 spiro atoms. The van der Waals surface area contributed by atoms with Gasteiger partial charge in [0.15, 0.2) is 0 Å². The van der Waals surface area contributed by atoms with Crippen molar-refractivity contribution in [2.45, 2.75) is 20.3 Å². The second-order valence-electron chi connectivity index (χ2n) is 3.53. The van der Waals surface area contributed by atoms with Gasteiger partial charge in [0.2, 0.25) is 0 Å². The smallest absolute Gasteiger partial charge is 0.142 e. The number of nitrogens with one attached hydrogen (secondary N) is 1. The summed E-state index contributed by atoms with van der Waals surface area (Å²) in [5, 5.41) is 2.83. The average Bonchev–Trinajstić information content (AvgIpc) is 2.04. The molecule has 1 rings (SSSR count). The second-order valence-corrected chi connectivity index (χ2v) is 3.53. The molecule has 1 atom stereocenters. The molecule has 0 aliphatic heterocycles. The summed E-state index contributed by atoms with van der Waals surface area (Å²) >= 11 is 0. The Morgan fingerprint density at radius 2 is 2.25 bits per heavy atom. The Labute approximate surface area is 73.4 Å². The molecule has 68 valence electrons. The zero-order valence-corrected chi connectivity index (χ0v) is 7.89. The van der Waals surface area contributed by atoms with Crippen molar-refractivity contribution in [2.24, 2.45) is 11.8 Å². The van der Waals surface area contributed by atoms with E-state index >= 15 is 0 Å². The zero-order chi connectivity index (χ0) is 9.14. The van der Waals surface area contributed by atoms with E-state index in [0.717, 1.165) is 6.42 Å². The van der Waals surface area contributed by atoms with Gasteiger partial charge in [-0.1, -0.05) is 19.9 Å². The standard InChI is InChI=1S/C10H16FN/c1-7(2)8-4-5-10(12-3)9(11)6-8/h5-8,12H,4H2,1-3H3. The fourth-order valence-corrected chi connectivity index (χ4v) is 1.38. The van der Waals surface area contributed by atoms with Crippen molar-refractivity contribution in [2.75, 3.05) is 7.05 Å². The van der Waals surface area contributed by atoms with Crippen molar-refractivity contribution < 1.29 is 4.39 Å². The average molecular weight is 169 g/mol. The van der Waals surface area contributed by atoms with E-state index in [4.69, 9.17) is 0 Å². The van der Waals surface area contributed by atoms with E-state index in [-0.39, 0.29) is 5.83 Å². The maximum atomic E-state index is 13.2. The van der Waals surface area contributed by atoms with Crippen molar-refractivity contribution in [1.82, 2.24) is 5.32 Å². The summed E-state index contributed by atoms with van der Waals surface area (Å²) in [7, 11) is 1.74. The van der Waals surface area contributed by atoms with Crippen LogP contribution in [0.5, 0.6) is 0 Å². The highest BCUT2D eigenvalue weighted by atomic mass is 19.1. The number of allylic oxidation sites excluding steroid dienone is 3. The first kappa shape index (κ1) is 9.30. The molecule has 0 heterocycles. The first-order valence-electron chi connectivity index (χ1n) is 4.40. The lowest BCUT2D eigenvalue weighted by Gasteiger charge is -2.20. The lowest BCUT2D eigenvalue weighted by atomic mass is 9.88. The number of halogens is 1. The molecule has 0 aromatic rings. The van der Waals surface area contributed by atoms with E-state index in [9.17, 15) is 4.39 Å². The molecule has 1 aliphatic carbocycles. The second kappa shape index (κ2) is 3.74. The number of rotatable bonds is 2. The Bertz CT molecular complexity index is 216. The summed E-state index contributed by atoms with van der Waals surface area (Å²) in [5.41, 5.74) is 0.631. The predicted molar refractivity (Wildman–Crippen MR) is 49.3 cm³/mol. The van der Waals surface area contributed by atoms with Crippen molar-refractivity contribution >= 4 is 0 Å². The van der Waals surface area contributed by atoms with Crippen LogP contribution in [-0.2, 0) is 0 Å². The van der Waals surface area contributed by atoms with Crippen LogP contribution in [0.4, 0.5) is 4.39 Å². The molecule has 0 bridgehead atoms. The fraction of sp³-hybridized carbons (Fsp3) is 0.600. The quantitative estimate of drug-likeness (QED) is 0.670. The van der Waals surface area contributed by atoms with Gasteiger partial charge in [0.25, 0.3) is 0 Å². The monoisotopic (exact) mass is 169 g/mol. The summed E-state index contributed by atoms with van der Waals surface area (Å²) in [4.78, 5) is 0. The van der Waals surface area contributed by atoms with E-state index in [1.54, 1.807) is 13.1 Å².